The number of nitrogens with zero attached hydrogens (tertiary/aromatic N) is 3. The summed E-state index contributed by atoms with van der Waals surface area (Å²) in [5.41, 5.74) is 3.98. The van der Waals surface area contributed by atoms with Gasteiger partial charge in [-0.2, -0.15) is 5.10 Å². The van der Waals surface area contributed by atoms with Crippen molar-refractivity contribution in [3.05, 3.63) is 47.0 Å². The molecule has 1 heterocycles. The normalized spacial score (nSPS) is 12.6. The van der Waals surface area contributed by atoms with Crippen molar-refractivity contribution in [2.75, 3.05) is 6.54 Å². The molecule has 20 heavy (non-hydrogen) atoms. The van der Waals surface area contributed by atoms with Crippen LogP contribution >= 0.6 is 0 Å². The molecule has 0 bridgehead atoms. The Hall–Kier alpha value is -1.68. The molecular weight excluding hydrogens is 248 g/mol. The zero-order valence-corrected chi connectivity index (χ0v) is 12.8. The van der Waals surface area contributed by atoms with Gasteiger partial charge >= 0.3 is 0 Å². The van der Waals surface area contributed by atoms with Crippen molar-refractivity contribution in [3.8, 4) is 0 Å². The largest absolute Gasteiger partial charge is 0.310 e. The predicted octanol–water partition coefficient (Wildman–Crippen LogP) is 2.81. The lowest BCUT2D eigenvalue weighted by atomic mass is 9.96. The monoisotopic (exact) mass is 272 g/mol. The highest BCUT2D eigenvalue weighted by atomic mass is 15.3. The Morgan fingerprint density at radius 1 is 1.25 bits per heavy atom. The molecule has 4 heteroatoms. The Bertz CT molecular complexity index is 559. The summed E-state index contributed by atoms with van der Waals surface area (Å²) in [5, 5.41) is 7.83. The van der Waals surface area contributed by atoms with Crippen LogP contribution < -0.4 is 5.32 Å². The van der Waals surface area contributed by atoms with Gasteiger partial charge in [0.15, 0.2) is 0 Å². The molecule has 0 saturated carbocycles. The van der Waals surface area contributed by atoms with E-state index in [1.807, 2.05) is 4.68 Å². The number of likely N-dealkylation sites (N-methyl/N-ethyl adjacent to an activating group) is 1. The first-order valence-electron chi connectivity index (χ1n) is 7.32. The molecule has 4 nitrogen and oxygen atoms in total. The number of rotatable bonds is 6. The van der Waals surface area contributed by atoms with E-state index in [2.05, 4.69) is 61.3 Å². The Kier molecular flexibility index (Phi) is 4.90. The maximum Gasteiger partial charge on any atom is 0.138 e. The van der Waals surface area contributed by atoms with Gasteiger partial charge in [0.25, 0.3) is 0 Å². The highest BCUT2D eigenvalue weighted by molar-refractivity contribution is 5.33. The molecule has 1 atom stereocenters. The van der Waals surface area contributed by atoms with E-state index < -0.39 is 0 Å². The number of benzene rings is 1. The quantitative estimate of drug-likeness (QED) is 0.879. The van der Waals surface area contributed by atoms with Crippen molar-refractivity contribution in [2.24, 2.45) is 0 Å². The van der Waals surface area contributed by atoms with Gasteiger partial charge in [-0.05, 0) is 38.4 Å². The maximum absolute atomic E-state index is 4.40. The summed E-state index contributed by atoms with van der Waals surface area (Å²) in [7, 11) is 0. The second-order valence-corrected chi connectivity index (χ2v) is 5.17. The molecule has 0 aliphatic heterocycles. The van der Waals surface area contributed by atoms with Crippen molar-refractivity contribution in [1.82, 2.24) is 20.1 Å². The molecule has 0 aliphatic rings. The SMILES string of the molecule is CCNC(Cc1ncnn1CC)c1cc(C)ccc1C. The summed E-state index contributed by atoms with van der Waals surface area (Å²) in [5.74, 6) is 1.04. The van der Waals surface area contributed by atoms with E-state index >= 15 is 0 Å². The van der Waals surface area contributed by atoms with Crippen LogP contribution in [0, 0.1) is 13.8 Å². The van der Waals surface area contributed by atoms with Gasteiger partial charge in [0, 0.05) is 19.0 Å². The van der Waals surface area contributed by atoms with Crippen LogP contribution in [0.2, 0.25) is 0 Å². The van der Waals surface area contributed by atoms with Gasteiger partial charge < -0.3 is 5.32 Å². The van der Waals surface area contributed by atoms with Crippen molar-refractivity contribution >= 4 is 0 Å². The molecule has 1 N–H and O–H groups in total. The van der Waals surface area contributed by atoms with Gasteiger partial charge in [0.05, 0.1) is 0 Å². The van der Waals surface area contributed by atoms with Crippen LogP contribution in [0.25, 0.3) is 0 Å². The van der Waals surface area contributed by atoms with Crippen molar-refractivity contribution < 1.29 is 0 Å². The van der Waals surface area contributed by atoms with Crippen LogP contribution in [0.1, 0.15) is 42.4 Å². The maximum atomic E-state index is 4.40. The highest BCUT2D eigenvalue weighted by Gasteiger charge is 2.16. The third kappa shape index (κ3) is 3.25. The summed E-state index contributed by atoms with van der Waals surface area (Å²) in [6.45, 7) is 10.4. The van der Waals surface area contributed by atoms with E-state index in [1.54, 1.807) is 6.33 Å². The Labute approximate surface area is 121 Å². The molecule has 108 valence electrons. The van der Waals surface area contributed by atoms with Crippen LogP contribution in [0.5, 0.6) is 0 Å². The molecule has 0 aliphatic carbocycles. The average molecular weight is 272 g/mol. The number of nitrogens with one attached hydrogen (secondary N) is 1. The summed E-state index contributed by atoms with van der Waals surface area (Å²) in [6.07, 6.45) is 2.51. The van der Waals surface area contributed by atoms with Crippen LogP contribution in [0.4, 0.5) is 0 Å². The molecule has 2 aromatic rings. The van der Waals surface area contributed by atoms with Crippen molar-refractivity contribution in [1.29, 1.82) is 0 Å². The van der Waals surface area contributed by atoms with Crippen LogP contribution in [0.3, 0.4) is 0 Å². The number of hydrogen-bond acceptors (Lipinski definition) is 3. The van der Waals surface area contributed by atoms with Gasteiger partial charge in [0.2, 0.25) is 0 Å². The first-order chi connectivity index (χ1) is 9.65. The molecule has 0 fully saturated rings. The van der Waals surface area contributed by atoms with Gasteiger partial charge in [-0.1, -0.05) is 30.7 Å². The fourth-order valence-electron chi connectivity index (χ4n) is 2.57. The smallest absolute Gasteiger partial charge is 0.138 e. The summed E-state index contributed by atoms with van der Waals surface area (Å²) >= 11 is 0. The second-order valence-electron chi connectivity index (χ2n) is 5.17. The first kappa shape index (κ1) is 14.7. The lowest BCUT2D eigenvalue weighted by Crippen LogP contribution is -2.25. The molecule has 0 radical (unpaired) electrons. The van der Waals surface area contributed by atoms with Crippen LogP contribution in [-0.4, -0.2) is 21.3 Å². The zero-order valence-electron chi connectivity index (χ0n) is 12.8. The zero-order chi connectivity index (χ0) is 14.5. The van der Waals surface area contributed by atoms with E-state index in [0.29, 0.717) is 0 Å². The van der Waals surface area contributed by atoms with Gasteiger partial charge in [0.1, 0.15) is 12.2 Å². The van der Waals surface area contributed by atoms with Crippen LogP contribution in [-0.2, 0) is 13.0 Å². The number of aromatic nitrogens is 3. The van der Waals surface area contributed by atoms with Crippen LogP contribution in [0.15, 0.2) is 24.5 Å². The second kappa shape index (κ2) is 6.66. The van der Waals surface area contributed by atoms with Gasteiger partial charge in [-0.25, -0.2) is 4.98 Å². The minimum Gasteiger partial charge on any atom is -0.310 e. The lowest BCUT2D eigenvalue weighted by Gasteiger charge is -2.20. The van der Waals surface area contributed by atoms with E-state index in [1.165, 1.54) is 16.7 Å². The Morgan fingerprint density at radius 2 is 2.05 bits per heavy atom. The topological polar surface area (TPSA) is 42.7 Å². The summed E-state index contributed by atoms with van der Waals surface area (Å²) < 4.78 is 1.97. The van der Waals surface area contributed by atoms with Gasteiger partial charge in [-0.15, -0.1) is 0 Å². The molecule has 2 rings (SSSR count). The standard InChI is InChI=1S/C16H24N4/c1-5-17-15(10-16-18-11-19-20(16)6-2)14-9-12(3)7-8-13(14)4/h7-9,11,15,17H,5-6,10H2,1-4H3. The van der Waals surface area contributed by atoms with E-state index in [9.17, 15) is 0 Å². The summed E-state index contributed by atoms with van der Waals surface area (Å²) in [4.78, 5) is 4.40. The third-order valence-electron chi connectivity index (χ3n) is 3.64. The average Bonchev–Trinajstić information content (AvgIpc) is 2.88. The molecule has 0 saturated heterocycles. The minimum absolute atomic E-state index is 0.286. The third-order valence-corrected chi connectivity index (χ3v) is 3.64. The molecule has 1 unspecified atom stereocenters. The van der Waals surface area contributed by atoms with E-state index in [-0.39, 0.29) is 6.04 Å². The minimum atomic E-state index is 0.286. The lowest BCUT2D eigenvalue weighted by molar-refractivity contribution is 0.508. The molecule has 1 aromatic carbocycles. The molecular formula is C16H24N4. The Morgan fingerprint density at radius 3 is 2.75 bits per heavy atom. The predicted molar refractivity (Wildman–Crippen MR) is 81.7 cm³/mol. The van der Waals surface area contributed by atoms with Crippen molar-refractivity contribution in [3.63, 3.8) is 0 Å². The number of hydrogen-bond donors (Lipinski definition) is 1. The van der Waals surface area contributed by atoms with Crippen molar-refractivity contribution in [2.45, 2.75) is 46.7 Å². The van der Waals surface area contributed by atoms with E-state index in [0.717, 1.165) is 25.3 Å². The fourth-order valence-corrected chi connectivity index (χ4v) is 2.57. The first-order valence-corrected chi connectivity index (χ1v) is 7.32. The molecule has 0 spiro atoms. The molecule has 1 aromatic heterocycles. The molecule has 0 amide bonds. The summed E-state index contributed by atoms with van der Waals surface area (Å²) in [6, 6.07) is 6.92. The van der Waals surface area contributed by atoms with E-state index in [4.69, 9.17) is 0 Å². The fraction of sp³-hybridized carbons (Fsp3) is 0.500. The number of aryl methyl sites for hydroxylation is 3. The van der Waals surface area contributed by atoms with Gasteiger partial charge in [-0.3, -0.25) is 4.68 Å². The Balaban J connectivity index is 2.29. The highest BCUT2D eigenvalue weighted by Crippen LogP contribution is 2.22.